The molecule has 0 unspecified atom stereocenters. The molecule has 0 bridgehead atoms. The molecule has 28 heavy (non-hydrogen) atoms. The molecular weight excluding hydrogens is 406 g/mol. The summed E-state index contributed by atoms with van der Waals surface area (Å²) in [6, 6.07) is 9.59. The highest BCUT2D eigenvalue weighted by Crippen LogP contribution is 2.35. The van der Waals surface area contributed by atoms with E-state index >= 15 is 0 Å². The van der Waals surface area contributed by atoms with Gasteiger partial charge in [0.25, 0.3) is 0 Å². The zero-order chi connectivity index (χ0) is 20.9. The van der Waals surface area contributed by atoms with Crippen molar-refractivity contribution < 1.29 is 27.5 Å². The van der Waals surface area contributed by atoms with Crippen LogP contribution in [0.4, 0.5) is 0 Å². The van der Waals surface area contributed by atoms with Crippen molar-refractivity contribution in [3.05, 3.63) is 59.0 Å². The van der Waals surface area contributed by atoms with E-state index in [1.54, 1.807) is 24.3 Å². The maximum absolute atomic E-state index is 11.6. The Morgan fingerprint density at radius 2 is 1.71 bits per heavy atom. The molecule has 2 aromatic rings. The summed E-state index contributed by atoms with van der Waals surface area (Å²) in [4.78, 5) is 22.7. The summed E-state index contributed by atoms with van der Waals surface area (Å²) in [7, 11) is -3.62. The first-order valence-corrected chi connectivity index (χ1v) is 9.95. The van der Waals surface area contributed by atoms with Crippen molar-refractivity contribution in [2.24, 2.45) is 0 Å². The molecule has 0 amide bonds. The molecule has 0 heterocycles. The Bertz CT molecular complexity index is 1030. The third kappa shape index (κ3) is 5.91. The molecule has 0 fully saturated rings. The SMILES string of the molecule is C=CS(=O)(=O)NCc1ccc(Cl)cc1-c1ccc(OC(C)=O)c(OC(C)=O)c1. The Balaban J connectivity index is 2.50. The van der Waals surface area contributed by atoms with Gasteiger partial charge in [0.1, 0.15) is 0 Å². The van der Waals surface area contributed by atoms with Crippen LogP contribution in [0.2, 0.25) is 5.02 Å². The zero-order valence-corrected chi connectivity index (χ0v) is 16.8. The quantitative estimate of drug-likeness (QED) is 0.541. The summed E-state index contributed by atoms with van der Waals surface area (Å²) in [5.74, 6) is -1.01. The fraction of sp³-hybridized carbons (Fsp3) is 0.158. The molecule has 2 rings (SSSR count). The number of halogens is 1. The van der Waals surface area contributed by atoms with Gasteiger partial charge >= 0.3 is 11.9 Å². The molecule has 0 spiro atoms. The minimum atomic E-state index is -3.62. The first-order valence-electron chi connectivity index (χ1n) is 8.03. The van der Waals surface area contributed by atoms with Crippen LogP contribution >= 0.6 is 11.6 Å². The van der Waals surface area contributed by atoms with E-state index in [9.17, 15) is 18.0 Å². The van der Waals surface area contributed by atoms with Crippen LogP contribution in [0.3, 0.4) is 0 Å². The third-order valence-electron chi connectivity index (χ3n) is 3.52. The largest absolute Gasteiger partial charge is 0.423 e. The number of ether oxygens (including phenoxy) is 2. The molecule has 0 radical (unpaired) electrons. The van der Waals surface area contributed by atoms with Gasteiger partial charge in [-0.3, -0.25) is 9.59 Å². The van der Waals surface area contributed by atoms with E-state index in [4.69, 9.17) is 21.1 Å². The van der Waals surface area contributed by atoms with E-state index in [-0.39, 0.29) is 18.0 Å². The predicted octanol–water partition coefficient (Wildman–Crippen LogP) is 3.42. The normalized spacial score (nSPS) is 11.0. The average Bonchev–Trinajstić information content (AvgIpc) is 2.61. The Labute approximate surface area is 168 Å². The van der Waals surface area contributed by atoms with Crippen LogP contribution in [0, 0.1) is 0 Å². The summed E-state index contributed by atoms with van der Waals surface area (Å²) in [6.07, 6.45) is 0. The predicted molar refractivity (Wildman–Crippen MR) is 105 cm³/mol. The van der Waals surface area contributed by atoms with Gasteiger partial charge in [-0.25, -0.2) is 13.1 Å². The maximum atomic E-state index is 11.6. The van der Waals surface area contributed by atoms with E-state index in [1.807, 2.05) is 0 Å². The second kappa shape index (κ2) is 9.01. The highest BCUT2D eigenvalue weighted by Gasteiger charge is 2.15. The van der Waals surface area contributed by atoms with Crippen molar-refractivity contribution in [3.63, 3.8) is 0 Å². The van der Waals surface area contributed by atoms with Crippen LogP contribution in [-0.2, 0) is 26.2 Å². The van der Waals surface area contributed by atoms with Gasteiger partial charge in [-0.2, -0.15) is 0 Å². The summed E-state index contributed by atoms with van der Waals surface area (Å²) < 4.78 is 35.9. The average molecular weight is 424 g/mol. The number of rotatable bonds is 7. The Hall–Kier alpha value is -2.68. The number of hydrogen-bond acceptors (Lipinski definition) is 6. The summed E-state index contributed by atoms with van der Waals surface area (Å²) >= 11 is 6.10. The van der Waals surface area contributed by atoms with E-state index in [0.717, 1.165) is 5.41 Å². The lowest BCUT2D eigenvalue weighted by Crippen LogP contribution is -2.20. The van der Waals surface area contributed by atoms with Crippen LogP contribution in [0.25, 0.3) is 11.1 Å². The molecule has 0 atom stereocenters. The van der Waals surface area contributed by atoms with Crippen LogP contribution in [0.1, 0.15) is 19.4 Å². The fourth-order valence-corrected chi connectivity index (χ4v) is 3.00. The number of nitrogens with one attached hydrogen (secondary N) is 1. The van der Waals surface area contributed by atoms with Gasteiger partial charge in [-0.05, 0) is 41.0 Å². The first kappa shape index (κ1) is 21.6. The molecule has 0 aliphatic rings. The second-order valence-corrected chi connectivity index (χ2v) is 7.83. The molecule has 148 valence electrons. The molecule has 1 N–H and O–H groups in total. The molecule has 0 saturated heterocycles. The summed E-state index contributed by atoms with van der Waals surface area (Å²) in [6.45, 7) is 5.70. The molecule has 0 saturated carbocycles. The van der Waals surface area contributed by atoms with Crippen molar-refractivity contribution in [2.75, 3.05) is 0 Å². The Morgan fingerprint density at radius 1 is 1.07 bits per heavy atom. The van der Waals surface area contributed by atoms with E-state index < -0.39 is 22.0 Å². The third-order valence-corrected chi connectivity index (χ3v) is 4.74. The number of carbonyl (C=O) groups is 2. The van der Waals surface area contributed by atoms with Crippen molar-refractivity contribution in [2.45, 2.75) is 20.4 Å². The lowest BCUT2D eigenvalue weighted by molar-refractivity contribution is -0.134. The van der Waals surface area contributed by atoms with E-state index in [2.05, 4.69) is 11.3 Å². The fourth-order valence-electron chi connectivity index (χ4n) is 2.36. The second-order valence-electron chi connectivity index (χ2n) is 5.68. The van der Waals surface area contributed by atoms with Gasteiger partial charge in [-0.1, -0.05) is 30.3 Å². The Morgan fingerprint density at radius 3 is 2.32 bits per heavy atom. The number of carbonyl (C=O) groups excluding carboxylic acids is 2. The van der Waals surface area contributed by atoms with Crippen LogP contribution in [-0.4, -0.2) is 20.4 Å². The van der Waals surface area contributed by atoms with Crippen LogP contribution in [0.15, 0.2) is 48.4 Å². The zero-order valence-electron chi connectivity index (χ0n) is 15.2. The molecule has 9 heteroatoms. The van der Waals surface area contributed by atoms with Crippen LogP contribution in [0.5, 0.6) is 11.5 Å². The number of sulfonamides is 1. The minimum absolute atomic E-state index is 0.00451. The summed E-state index contributed by atoms with van der Waals surface area (Å²) in [5.41, 5.74) is 1.83. The van der Waals surface area contributed by atoms with Crippen molar-refractivity contribution in [1.82, 2.24) is 4.72 Å². The lowest BCUT2D eigenvalue weighted by atomic mass is 9.99. The number of benzene rings is 2. The van der Waals surface area contributed by atoms with Crippen molar-refractivity contribution >= 4 is 33.6 Å². The Kier molecular flexibility index (Phi) is 6.95. The minimum Gasteiger partial charge on any atom is -0.423 e. The molecule has 2 aromatic carbocycles. The topological polar surface area (TPSA) is 98.8 Å². The summed E-state index contributed by atoms with van der Waals surface area (Å²) in [5, 5.41) is 1.25. The lowest BCUT2D eigenvalue weighted by Gasteiger charge is -2.14. The van der Waals surface area contributed by atoms with Gasteiger partial charge in [0.2, 0.25) is 10.0 Å². The van der Waals surface area contributed by atoms with Gasteiger partial charge in [0.05, 0.1) is 0 Å². The monoisotopic (exact) mass is 423 g/mol. The standard InChI is InChI=1S/C19H18ClNO6S/c1-4-28(24,25)21-11-15-5-7-16(20)10-17(15)14-6-8-18(26-12(2)22)19(9-14)27-13(3)23/h4-10,21H,1,11H2,2-3H3. The molecular formula is C19H18ClNO6S. The maximum Gasteiger partial charge on any atom is 0.308 e. The van der Waals surface area contributed by atoms with Gasteiger partial charge in [0, 0.05) is 30.8 Å². The number of hydrogen-bond donors (Lipinski definition) is 1. The highest BCUT2D eigenvalue weighted by atomic mass is 35.5. The molecule has 0 aliphatic carbocycles. The van der Waals surface area contributed by atoms with Gasteiger partial charge in [-0.15, -0.1) is 0 Å². The van der Waals surface area contributed by atoms with Gasteiger partial charge in [0.15, 0.2) is 11.5 Å². The van der Waals surface area contributed by atoms with Gasteiger partial charge < -0.3 is 9.47 Å². The molecule has 7 nitrogen and oxygen atoms in total. The van der Waals surface area contributed by atoms with Crippen molar-refractivity contribution in [1.29, 1.82) is 0 Å². The van der Waals surface area contributed by atoms with E-state index in [0.29, 0.717) is 21.7 Å². The van der Waals surface area contributed by atoms with Crippen molar-refractivity contribution in [3.8, 4) is 22.6 Å². The molecule has 0 aliphatic heterocycles. The highest BCUT2D eigenvalue weighted by molar-refractivity contribution is 7.92. The first-order chi connectivity index (χ1) is 13.1. The molecule has 0 aromatic heterocycles. The smallest absolute Gasteiger partial charge is 0.308 e. The van der Waals surface area contributed by atoms with Crippen LogP contribution < -0.4 is 14.2 Å². The van der Waals surface area contributed by atoms with E-state index in [1.165, 1.54) is 26.0 Å². The number of esters is 2.